The van der Waals surface area contributed by atoms with Gasteiger partial charge in [0.15, 0.2) is 0 Å². The van der Waals surface area contributed by atoms with Gasteiger partial charge in [-0.2, -0.15) is 0 Å². The number of benzene rings is 2. The van der Waals surface area contributed by atoms with E-state index in [1.54, 1.807) is 0 Å². The van der Waals surface area contributed by atoms with Gasteiger partial charge in [-0.1, -0.05) is 74.0 Å². The molecule has 0 saturated heterocycles. The zero-order valence-electron chi connectivity index (χ0n) is 12.6. The Hall–Kier alpha value is -2.09. The van der Waals surface area contributed by atoms with Gasteiger partial charge >= 0.3 is 0 Å². The lowest BCUT2D eigenvalue weighted by atomic mass is 9.93. The van der Waals surface area contributed by atoms with E-state index in [9.17, 15) is 4.79 Å². The zero-order valence-corrected chi connectivity index (χ0v) is 12.6. The standard InChI is InChI=1S/C19H23NO/c1-2-9-18(17-12-7-4-8-13-17)19(21)20-15-14-16-10-5-3-6-11-16/h3-8,10-13,18H,2,9,14-15H2,1H3,(H,20,21). The van der Waals surface area contributed by atoms with Crippen molar-refractivity contribution in [1.82, 2.24) is 5.32 Å². The van der Waals surface area contributed by atoms with Gasteiger partial charge in [0.1, 0.15) is 0 Å². The molecule has 1 amide bonds. The van der Waals surface area contributed by atoms with E-state index in [4.69, 9.17) is 0 Å². The first-order valence-corrected chi connectivity index (χ1v) is 7.68. The van der Waals surface area contributed by atoms with Crippen LogP contribution in [0.15, 0.2) is 60.7 Å². The van der Waals surface area contributed by atoms with E-state index in [0.29, 0.717) is 6.54 Å². The summed E-state index contributed by atoms with van der Waals surface area (Å²) in [7, 11) is 0. The van der Waals surface area contributed by atoms with Crippen molar-refractivity contribution >= 4 is 5.91 Å². The second-order valence-electron chi connectivity index (χ2n) is 5.28. The summed E-state index contributed by atoms with van der Waals surface area (Å²) >= 11 is 0. The first-order valence-electron chi connectivity index (χ1n) is 7.68. The lowest BCUT2D eigenvalue weighted by Gasteiger charge is -2.16. The largest absolute Gasteiger partial charge is 0.355 e. The molecule has 2 rings (SSSR count). The van der Waals surface area contributed by atoms with E-state index in [1.165, 1.54) is 5.56 Å². The molecule has 0 heterocycles. The molecule has 2 nitrogen and oxygen atoms in total. The molecule has 110 valence electrons. The van der Waals surface area contributed by atoms with Crippen molar-refractivity contribution in [2.24, 2.45) is 0 Å². The van der Waals surface area contributed by atoms with Gasteiger partial charge in [0.25, 0.3) is 0 Å². The normalized spacial score (nSPS) is 11.9. The van der Waals surface area contributed by atoms with Crippen LogP contribution in [0.5, 0.6) is 0 Å². The highest BCUT2D eigenvalue weighted by Crippen LogP contribution is 2.21. The highest BCUT2D eigenvalue weighted by Gasteiger charge is 2.18. The minimum atomic E-state index is -0.0352. The maximum atomic E-state index is 12.4. The molecule has 0 fully saturated rings. The Bertz CT molecular complexity index is 536. The van der Waals surface area contributed by atoms with Crippen LogP contribution >= 0.6 is 0 Å². The van der Waals surface area contributed by atoms with E-state index >= 15 is 0 Å². The van der Waals surface area contributed by atoms with Crippen LogP contribution in [0.1, 0.15) is 36.8 Å². The summed E-state index contributed by atoms with van der Waals surface area (Å²) in [5, 5.41) is 3.08. The highest BCUT2D eigenvalue weighted by molar-refractivity contribution is 5.83. The number of hydrogen-bond acceptors (Lipinski definition) is 1. The molecular formula is C19H23NO. The Morgan fingerprint density at radius 3 is 2.24 bits per heavy atom. The second kappa shape index (κ2) is 8.25. The Morgan fingerprint density at radius 2 is 1.62 bits per heavy atom. The van der Waals surface area contributed by atoms with E-state index < -0.39 is 0 Å². The van der Waals surface area contributed by atoms with Crippen LogP contribution in [0.3, 0.4) is 0 Å². The zero-order chi connectivity index (χ0) is 14.9. The average Bonchev–Trinajstić information content (AvgIpc) is 2.54. The maximum absolute atomic E-state index is 12.4. The van der Waals surface area contributed by atoms with Crippen LogP contribution in [0, 0.1) is 0 Å². The Balaban J connectivity index is 1.90. The number of rotatable bonds is 7. The van der Waals surface area contributed by atoms with Crippen LogP contribution in [-0.4, -0.2) is 12.5 Å². The minimum Gasteiger partial charge on any atom is -0.355 e. The monoisotopic (exact) mass is 281 g/mol. The molecule has 2 aromatic rings. The molecule has 1 atom stereocenters. The second-order valence-corrected chi connectivity index (χ2v) is 5.28. The number of nitrogens with one attached hydrogen (secondary N) is 1. The minimum absolute atomic E-state index is 0.0352. The van der Waals surface area contributed by atoms with Crippen molar-refractivity contribution in [3.63, 3.8) is 0 Å². The first kappa shape index (κ1) is 15.3. The molecule has 1 unspecified atom stereocenters. The molecule has 0 aliphatic heterocycles. The molecule has 21 heavy (non-hydrogen) atoms. The molecule has 0 saturated carbocycles. The molecule has 0 aromatic heterocycles. The number of carbonyl (C=O) groups excluding carboxylic acids is 1. The number of hydrogen-bond donors (Lipinski definition) is 1. The van der Waals surface area contributed by atoms with Gasteiger partial charge in [-0.05, 0) is 24.0 Å². The average molecular weight is 281 g/mol. The molecule has 0 spiro atoms. The van der Waals surface area contributed by atoms with Crippen molar-refractivity contribution in [2.75, 3.05) is 6.54 Å². The van der Waals surface area contributed by atoms with Gasteiger partial charge in [0.05, 0.1) is 5.92 Å². The highest BCUT2D eigenvalue weighted by atomic mass is 16.1. The molecule has 0 bridgehead atoms. The summed E-state index contributed by atoms with van der Waals surface area (Å²) in [5.41, 5.74) is 2.36. The van der Waals surface area contributed by atoms with Crippen LogP contribution < -0.4 is 5.32 Å². The predicted octanol–water partition coefficient (Wildman–Crippen LogP) is 3.93. The van der Waals surface area contributed by atoms with Crippen molar-refractivity contribution in [3.05, 3.63) is 71.8 Å². The van der Waals surface area contributed by atoms with Crippen LogP contribution in [-0.2, 0) is 11.2 Å². The van der Waals surface area contributed by atoms with Crippen LogP contribution in [0.4, 0.5) is 0 Å². The fourth-order valence-electron chi connectivity index (χ4n) is 2.52. The molecule has 0 radical (unpaired) electrons. The molecule has 2 aromatic carbocycles. The van der Waals surface area contributed by atoms with Crippen molar-refractivity contribution in [2.45, 2.75) is 32.1 Å². The van der Waals surface area contributed by atoms with E-state index in [0.717, 1.165) is 24.8 Å². The SMILES string of the molecule is CCCC(C(=O)NCCc1ccccc1)c1ccccc1. The molecule has 0 aliphatic carbocycles. The Morgan fingerprint density at radius 1 is 1.00 bits per heavy atom. The Labute approximate surface area is 127 Å². The van der Waals surface area contributed by atoms with E-state index in [-0.39, 0.29) is 11.8 Å². The third kappa shape index (κ3) is 4.75. The molecule has 1 N–H and O–H groups in total. The lowest BCUT2D eigenvalue weighted by Crippen LogP contribution is -2.31. The summed E-state index contributed by atoms with van der Waals surface area (Å²) in [6.45, 7) is 2.81. The smallest absolute Gasteiger partial charge is 0.227 e. The molecular weight excluding hydrogens is 258 g/mol. The molecule has 2 heteroatoms. The van der Waals surface area contributed by atoms with Gasteiger partial charge in [-0.15, -0.1) is 0 Å². The van der Waals surface area contributed by atoms with Gasteiger partial charge in [-0.25, -0.2) is 0 Å². The summed E-state index contributed by atoms with van der Waals surface area (Å²) < 4.78 is 0. The fraction of sp³-hybridized carbons (Fsp3) is 0.316. The summed E-state index contributed by atoms with van der Waals surface area (Å²) in [6, 6.07) is 20.3. The third-order valence-electron chi connectivity index (χ3n) is 3.65. The van der Waals surface area contributed by atoms with Gasteiger partial charge < -0.3 is 5.32 Å². The van der Waals surface area contributed by atoms with Crippen molar-refractivity contribution < 1.29 is 4.79 Å². The van der Waals surface area contributed by atoms with Gasteiger partial charge in [0.2, 0.25) is 5.91 Å². The maximum Gasteiger partial charge on any atom is 0.227 e. The number of carbonyl (C=O) groups is 1. The summed E-state index contributed by atoms with van der Waals surface area (Å²) in [4.78, 5) is 12.4. The Kier molecular flexibility index (Phi) is 6.01. The topological polar surface area (TPSA) is 29.1 Å². The number of amides is 1. The predicted molar refractivity (Wildman–Crippen MR) is 87.2 cm³/mol. The first-order chi connectivity index (χ1) is 10.3. The molecule has 0 aliphatic rings. The van der Waals surface area contributed by atoms with Gasteiger partial charge in [0, 0.05) is 6.54 Å². The summed E-state index contributed by atoms with van der Waals surface area (Å²) in [5.74, 6) is 0.103. The quantitative estimate of drug-likeness (QED) is 0.818. The van der Waals surface area contributed by atoms with Crippen LogP contribution in [0.25, 0.3) is 0 Å². The van der Waals surface area contributed by atoms with Crippen molar-refractivity contribution in [3.8, 4) is 0 Å². The lowest BCUT2D eigenvalue weighted by molar-refractivity contribution is -0.122. The van der Waals surface area contributed by atoms with E-state index in [1.807, 2.05) is 48.5 Å². The van der Waals surface area contributed by atoms with Crippen LogP contribution in [0.2, 0.25) is 0 Å². The van der Waals surface area contributed by atoms with E-state index in [2.05, 4.69) is 24.4 Å². The van der Waals surface area contributed by atoms with Crippen molar-refractivity contribution in [1.29, 1.82) is 0 Å². The summed E-state index contributed by atoms with van der Waals surface area (Å²) in [6.07, 6.45) is 2.77. The van der Waals surface area contributed by atoms with Gasteiger partial charge in [-0.3, -0.25) is 4.79 Å². The third-order valence-corrected chi connectivity index (χ3v) is 3.65. The fourth-order valence-corrected chi connectivity index (χ4v) is 2.52.